The third kappa shape index (κ3) is 2.86. The highest BCUT2D eigenvalue weighted by Gasteiger charge is 1.89. The molecule has 0 aliphatic rings. The first-order valence-corrected chi connectivity index (χ1v) is 3.61. The average molecular weight is 176 g/mol. The summed E-state index contributed by atoms with van der Waals surface area (Å²) in [4.78, 5) is 18.0. The number of aliphatic hydroxyl groups excluding tert-OH is 1. The molecule has 0 saturated heterocycles. The summed E-state index contributed by atoms with van der Waals surface area (Å²) in [5.74, 6) is 0.490. The van der Waals surface area contributed by atoms with Crippen molar-refractivity contribution in [3.8, 4) is 0 Å². The summed E-state index contributed by atoms with van der Waals surface area (Å²) in [6, 6.07) is 5.24. The molecule has 1 rings (SSSR count). The molecule has 4 heteroatoms. The van der Waals surface area contributed by atoms with Crippen LogP contribution in [0.5, 0.6) is 0 Å². The van der Waals surface area contributed by atoms with Crippen LogP contribution in [0.2, 0.25) is 0 Å². The van der Waals surface area contributed by atoms with Gasteiger partial charge < -0.3 is 5.11 Å². The van der Waals surface area contributed by atoms with E-state index < -0.39 is 0 Å². The molecule has 1 heterocycles. The van der Waals surface area contributed by atoms with Gasteiger partial charge in [0.25, 0.3) is 0 Å². The number of aliphatic hydroxyl groups is 1. The van der Waals surface area contributed by atoms with Crippen LogP contribution in [0.1, 0.15) is 0 Å². The van der Waals surface area contributed by atoms with Crippen LogP contribution in [0, 0.1) is 0 Å². The van der Waals surface area contributed by atoms with Crippen LogP contribution < -0.4 is 0 Å². The Labute approximate surface area is 75.3 Å². The van der Waals surface area contributed by atoms with Gasteiger partial charge in [0.15, 0.2) is 12.1 Å². The maximum Gasteiger partial charge on any atom is 0.154 e. The van der Waals surface area contributed by atoms with Crippen LogP contribution >= 0.6 is 0 Å². The number of nitrogens with zero attached hydrogens (tertiary/aromatic N) is 2. The first-order valence-electron chi connectivity index (χ1n) is 3.61. The molecule has 1 aromatic heterocycles. The summed E-state index contributed by atoms with van der Waals surface area (Å²) >= 11 is 0. The number of pyridine rings is 1. The molecule has 0 bridgehead atoms. The second-order valence-electron chi connectivity index (χ2n) is 2.19. The number of aromatic nitrogens is 1. The lowest BCUT2D eigenvalue weighted by molar-refractivity contribution is -0.104. The summed E-state index contributed by atoms with van der Waals surface area (Å²) in [7, 11) is 0. The van der Waals surface area contributed by atoms with Gasteiger partial charge in [-0.3, -0.25) is 4.79 Å². The molecule has 66 valence electrons. The molecule has 0 spiro atoms. The molecule has 0 radical (unpaired) electrons. The van der Waals surface area contributed by atoms with E-state index in [0.717, 1.165) is 0 Å². The normalized spacial score (nSPS) is 11.8. The minimum Gasteiger partial charge on any atom is -0.515 e. The minimum atomic E-state index is 0.102. The number of aliphatic imine (C=N–C) groups is 1. The number of rotatable bonds is 3. The Morgan fingerprint density at radius 3 is 2.92 bits per heavy atom. The number of hydrogen-bond acceptors (Lipinski definition) is 4. The number of hydrogen-bond donors (Lipinski definition) is 1. The van der Waals surface area contributed by atoms with Crippen molar-refractivity contribution in [1.82, 2.24) is 4.98 Å². The van der Waals surface area contributed by atoms with Crippen molar-refractivity contribution in [2.24, 2.45) is 4.99 Å². The molecular weight excluding hydrogens is 168 g/mol. The summed E-state index contributed by atoms with van der Waals surface area (Å²) in [5, 5.41) is 8.50. The van der Waals surface area contributed by atoms with Crippen LogP contribution in [0.25, 0.3) is 0 Å². The van der Waals surface area contributed by atoms with Crippen molar-refractivity contribution in [3.05, 3.63) is 36.2 Å². The average Bonchev–Trinajstić information content (AvgIpc) is 2.21. The standard InChI is InChI=1S/C9H8N2O2/c12-6-8(7-13)5-11-9-3-1-2-4-10-9/h1-7,12H/b8-6-,11-5+. The Balaban J connectivity index is 2.74. The highest BCUT2D eigenvalue weighted by molar-refractivity contribution is 6.02. The zero-order valence-corrected chi connectivity index (χ0v) is 6.79. The van der Waals surface area contributed by atoms with E-state index in [2.05, 4.69) is 9.98 Å². The summed E-state index contributed by atoms with van der Waals surface area (Å²) < 4.78 is 0. The maximum atomic E-state index is 10.2. The van der Waals surface area contributed by atoms with Gasteiger partial charge in [-0.2, -0.15) is 0 Å². The molecule has 1 N–H and O–H groups in total. The van der Waals surface area contributed by atoms with E-state index in [0.29, 0.717) is 18.4 Å². The number of carbonyl (C=O) groups excluding carboxylic acids is 1. The van der Waals surface area contributed by atoms with E-state index in [4.69, 9.17) is 5.11 Å². The fourth-order valence-corrected chi connectivity index (χ4v) is 0.665. The van der Waals surface area contributed by atoms with Crippen LogP contribution in [-0.2, 0) is 4.79 Å². The highest BCUT2D eigenvalue weighted by Crippen LogP contribution is 2.03. The Morgan fingerprint density at radius 1 is 1.54 bits per heavy atom. The Hall–Kier alpha value is -1.97. The molecule has 0 amide bonds. The van der Waals surface area contributed by atoms with Gasteiger partial charge in [0.2, 0.25) is 0 Å². The zero-order valence-electron chi connectivity index (χ0n) is 6.79. The third-order valence-electron chi connectivity index (χ3n) is 1.28. The number of aldehydes is 1. The monoisotopic (exact) mass is 176 g/mol. The molecule has 0 aliphatic heterocycles. The Bertz CT molecular complexity index is 331. The van der Waals surface area contributed by atoms with Gasteiger partial charge in [-0.05, 0) is 12.1 Å². The molecule has 4 nitrogen and oxygen atoms in total. The topological polar surface area (TPSA) is 62.5 Å². The number of allylic oxidation sites excluding steroid dienone is 1. The molecule has 0 unspecified atom stereocenters. The fraction of sp³-hybridized carbons (Fsp3) is 0. The SMILES string of the molecule is O=CC(=C\O)/C=N/c1ccccn1. The van der Waals surface area contributed by atoms with Crippen molar-refractivity contribution in [3.63, 3.8) is 0 Å². The highest BCUT2D eigenvalue weighted by atomic mass is 16.2. The zero-order chi connectivity index (χ0) is 9.52. The molecular formula is C9H8N2O2. The van der Waals surface area contributed by atoms with Gasteiger partial charge in [0.1, 0.15) is 0 Å². The largest absolute Gasteiger partial charge is 0.515 e. The van der Waals surface area contributed by atoms with Gasteiger partial charge in [-0.25, -0.2) is 9.98 Å². The smallest absolute Gasteiger partial charge is 0.154 e. The molecule has 13 heavy (non-hydrogen) atoms. The van der Waals surface area contributed by atoms with E-state index in [1.54, 1.807) is 24.4 Å². The Morgan fingerprint density at radius 2 is 2.38 bits per heavy atom. The molecule has 0 aromatic carbocycles. The van der Waals surface area contributed by atoms with Crippen LogP contribution in [0.3, 0.4) is 0 Å². The van der Waals surface area contributed by atoms with Gasteiger partial charge in [-0.15, -0.1) is 0 Å². The molecule has 0 atom stereocenters. The molecule has 0 aliphatic carbocycles. The molecule has 0 saturated carbocycles. The van der Waals surface area contributed by atoms with Crippen molar-refractivity contribution in [2.45, 2.75) is 0 Å². The van der Waals surface area contributed by atoms with E-state index in [-0.39, 0.29) is 5.57 Å². The van der Waals surface area contributed by atoms with Crippen LogP contribution in [-0.4, -0.2) is 22.6 Å². The second kappa shape index (κ2) is 4.82. The van der Waals surface area contributed by atoms with E-state index in [9.17, 15) is 4.79 Å². The maximum absolute atomic E-state index is 10.2. The van der Waals surface area contributed by atoms with E-state index >= 15 is 0 Å². The van der Waals surface area contributed by atoms with Gasteiger partial charge in [0.05, 0.1) is 11.8 Å². The predicted octanol–water partition coefficient (Wildman–Crippen LogP) is 1.42. The molecule has 1 aromatic rings. The van der Waals surface area contributed by atoms with Crippen molar-refractivity contribution in [1.29, 1.82) is 0 Å². The van der Waals surface area contributed by atoms with Crippen LogP contribution in [0.15, 0.2) is 41.2 Å². The van der Waals surface area contributed by atoms with Crippen LogP contribution in [0.4, 0.5) is 5.82 Å². The quantitative estimate of drug-likeness (QED) is 0.328. The summed E-state index contributed by atoms with van der Waals surface area (Å²) in [5.41, 5.74) is 0.102. The van der Waals surface area contributed by atoms with E-state index in [1.807, 2.05) is 0 Å². The van der Waals surface area contributed by atoms with Gasteiger partial charge in [-0.1, -0.05) is 6.07 Å². The van der Waals surface area contributed by atoms with Crippen molar-refractivity contribution in [2.75, 3.05) is 0 Å². The number of carbonyl (C=O) groups is 1. The summed E-state index contributed by atoms with van der Waals surface area (Å²) in [6.07, 6.45) is 4.04. The lowest BCUT2D eigenvalue weighted by Crippen LogP contribution is -1.85. The first-order chi connectivity index (χ1) is 6.36. The lowest BCUT2D eigenvalue weighted by Gasteiger charge is -1.89. The minimum absolute atomic E-state index is 0.102. The van der Waals surface area contributed by atoms with Gasteiger partial charge >= 0.3 is 0 Å². The lowest BCUT2D eigenvalue weighted by atomic mass is 10.3. The second-order valence-corrected chi connectivity index (χ2v) is 2.19. The third-order valence-corrected chi connectivity index (χ3v) is 1.28. The van der Waals surface area contributed by atoms with Crippen molar-refractivity contribution >= 4 is 18.3 Å². The first kappa shape index (κ1) is 9.12. The Kier molecular flexibility index (Phi) is 3.38. The van der Waals surface area contributed by atoms with Crippen molar-refractivity contribution < 1.29 is 9.90 Å². The summed E-state index contributed by atoms with van der Waals surface area (Å²) in [6.45, 7) is 0. The van der Waals surface area contributed by atoms with Gasteiger partial charge in [0, 0.05) is 12.4 Å². The molecule has 0 fully saturated rings. The van der Waals surface area contributed by atoms with E-state index in [1.165, 1.54) is 6.21 Å². The predicted molar refractivity (Wildman–Crippen MR) is 49.2 cm³/mol. The fourth-order valence-electron chi connectivity index (χ4n) is 0.665.